The largest absolute Gasteiger partial charge is 0.475 e. The van der Waals surface area contributed by atoms with Crippen LogP contribution in [0.25, 0.3) is 11.0 Å². The van der Waals surface area contributed by atoms with Crippen molar-refractivity contribution in [1.82, 2.24) is 15.5 Å². The van der Waals surface area contributed by atoms with E-state index in [1.807, 2.05) is 18.2 Å². The van der Waals surface area contributed by atoms with Crippen LogP contribution in [0, 0.1) is 0 Å². The Kier molecular flexibility index (Phi) is 5.25. The zero-order valence-electron chi connectivity index (χ0n) is 13.5. The third kappa shape index (κ3) is 4.05. The van der Waals surface area contributed by atoms with E-state index >= 15 is 0 Å². The van der Waals surface area contributed by atoms with Gasteiger partial charge in [0.15, 0.2) is 5.82 Å². The molecule has 9 nitrogen and oxygen atoms in total. The summed E-state index contributed by atoms with van der Waals surface area (Å²) in [5, 5.41) is 31.7. The molecule has 1 aromatic carbocycles. The molecule has 0 saturated carbocycles. The molecule has 0 bridgehead atoms. The molecule has 10 heteroatoms. The third-order valence-corrected chi connectivity index (χ3v) is 3.70. The van der Waals surface area contributed by atoms with E-state index in [1.54, 1.807) is 12.1 Å². The van der Waals surface area contributed by atoms with Gasteiger partial charge in [0.25, 0.3) is 0 Å². The SMILES string of the molecule is O=C(Nc1cccnn1)C(=O)NC(Cc1coc2ccccc12)B(O)O. The van der Waals surface area contributed by atoms with Gasteiger partial charge < -0.3 is 25.1 Å². The van der Waals surface area contributed by atoms with Gasteiger partial charge in [-0.25, -0.2) is 0 Å². The molecule has 0 radical (unpaired) electrons. The average molecular weight is 354 g/mol. The Hall–Kier alpha value is -3.24. The number of aromatic nitrogens is 2. The van der Waals surface area contributed by atoms with Crippen LogP contribution in [-0.4, -0.2) is 45.1 Å². The molecule has 0 aliphatic heterocycles. The molecule has 0 spiro atoms. The summed E-state index contributed by atoms with van der Waals surface area (Å²) in [6, 6.07) is 10.2. The number of hydrogen-bond acceptors (Lipinski definition) is 7. The first-order valence-electron chi connectivity index (χ1n) is 7.75. The molecule has 132 valence electrons. The van der Waals surface area contributed by atoms with Crippen LogP contribution in [0.2, 0.25) is 0 Å². The van der Waals surface area contributed by atoms with Gasteiger partial charge in [-0.2, -0.15) is 5.10 Å². The summed E-state index contributed by atoms with van der Waals surface area (Å²) in [5.41, 5.74) is 1.31. The lowest BCUT2D eigenvalue weighted by Crippen LogP contribution is -2.51. The molecular formula is C16H15BN4O5. The highest BCUT2D eigenvalue weighted by molar-refractivity contribution is 6.46. The standard InChI is InChI=1S/C16H15BN4O5/c22-15(16(23)20-14-6-3-7-18-21-14)19-13(17(24)25)8-10-9-26-12-5-2-1-4-11(10)12/h1-7,9,13,24-25H,8H2,(H,19,22)(H,20,21,23). The summed E-state index contributed by atoms with van der Waals surface area (Å²) in [4.78, 5) is 23.9. The molecule has 3 aromatic rings. The molecule has 0 fully saturated rings. The number of nitrogens with zero attached hydrogens (tertiary/aromatic N) is 2. The lowest BCUT2D eigenvalue weighted by molar-refractivity contribution is -0.136. The van der Waals surface area contributed by atoms with Gasteiger partial charge in [0.1, 0.15) is 5.58 Å². The van der Waals surface area contributed by atoms with E-state index in [-0.39, 0.29) is 12.2 Å². The average Bonchev–Trinajstić information content (AvgIpc) is 3.05. The van der Waals surface area contributed by atoms with Crippen LogP contribution in [0.4, 0.5) is 5.82 Å². The van der Waals surface area contributed by atoms with E-state index in [1.165, 1.54) is 18.5 Å². The number of para-hydroxylation sites is 1. The van der Waals surface area contributed by atoms with Gasteiger partial charge in [-0.1, -0.05) is 18.2 Å². The number of rotatable bonds is 5. The molecule has 1 atom stereocenters. The second kappa shape index (κ2) is 7.76. The van der Waals surface area contributed by atoms with E-state index in [0.29, 0.717) is 11.1 Å². The summed E-state index contributed by atoms with van der Waals surface area (Å²) in [5.74, 6) is -3.01. The number of carbonyl (C=O) groups excluding carboxylic acids is 2. The van der Waals surface area contributed by atoms with Crippen molar-refractivity contribution in [2.45, 2.75) is 12.4 Å². The predicted octanol–water partition coefficient (Wildman–Crippen LogP) is -0.0992. The lowest BCUT2D eigenvalue weighted by atomic mass is 9.76. The van der Waals surface area contributed by atoms with E-state index in [0.717, 1.165) is 5.39 Å². The summed E-state index contributed by atoms with van der Waals surface area (Å²) in [6.45, 7) is 0. The van der Waals surface area contributed by atoms with Crippen LogP contribution in [-0.2, 0) is 16.0 Å². The lowest BCUT2D eigenvalue weighted by Gasteiger charge is -2.16. The van der Waals surface area contributed by atoms with Crippen LogP contribution in [0.1, 0.15) is 5.56 Å². The van der Waals surface area contributed by atoms with E-state index in [2.05, 4.69) is 20.8 Å². The van der Waals surface area contributed by atoms with Crippen LogP contribution in [0.3, 0.4) is 0 Å². The maximum Gasteiger partial charge on any atom is 0.475 e. The number of fused-ring (bicyclic) bond motifs is 1. The molecule has 4 N–H and O–H groups in total. The quantitative estimate of drug-likeness (QED) is 0.371. The third-order valence-electron chi connectivity index (χ3n) is 3.70. The summed E-state index contributed by atoms with van der Waals surface area (Å²) >= 11 is 0. The number of anilines is 1. The zero-order chi connectivity index (χ0) is 18.5. The fraction of sp³-hybridized carbons (Fsp3) is 0.125. The first-order valence-corrected chi connectivity index (χ1v) is 7.75. The first kappa shape index (κ1) is 17.6. The second-order valence-corrected chi connectivity index (χ2v) is 5.52. The van der Waals surface area contributed by atoms with Gasteiger partial charge in [0.05, 0.1) is 12.2 Å². The molecule has 0 aliphatic rings. The summed E-state index contributed by atoms with van der Waals surface area (Å²) in [6.07, 6.45) is 2.97. The second-order valence-electron chi connectivity index (χ2n) is 5.52. The van der Waals surface area contributed by atoms with Crippen LogP contribution in [0.15, 0.2) is 53.3 Å². The number of nitrogens with one attached hydrogen (secondary N) is 2. The van der Waals surface area contributed by atoms with Crippen molar-refractivity contribution < 1.29 is 24.1 Å². The maximum atomic E-state index is 12.0. The number of carbonyl (C=O) groups is 2. The number of hydrogen-bond donors (Lipinski definition) is 4. The molecule has 2 aromatic heterocycles. The fourth-order valence-electron chi connectivity index (χ4n) is 2.43. The molecule has 3 rings (SSSR count). The van der Waals surface area contributed by atoms with Gasteiger partial charge in [-0.15, -0.1) is 5.10 Å². The van der Waals surface area contributed by atoms with Gasteiger partial charge in [0.2, 0.25) is 0 Å². The van der Waals surface area contributed by atoms with Crippen LogP contribution in [0.5, 0.6) is 0 Å². The Bertz CT molecular complexity index is 915. The normalized spacial score (nSPS) is 11.8. The number of furan rings is 1. The van der Waals surface area contributed by atoms with Crippen molar-refractivity contribution in [3.05, 3.63) is 54.4 Å². The minimum absolute atomic E-state index is 0.0683. The molecule has 26 heavy (non-hydrogen) atoms. The minimum atomic E-state index is -1.86. The number of amides is 2. The van der Waals surface area contributed by atoms with Gasteiger partial charge in [-0.05, 0) is 30.2 Å². The zero-order valence-corrected chi connectivity index (χ0v) is 13.5. The Labute approximate surface area is 148 Å². The highest BCUT2D eigenvalue weighted by Crippen LogP contribution is 2.22. The molecular weight excluding hydrogens is 339 g/mol. The first-order chi connectivity index (χ1) is 12.5. The summed E-state index contributed by atoms with van der Waals surface area (Å²) in [7, 11) is -1.86. The van der Waals surface area contributed by atoms with Crippen molar-refractivity contribution in [1.29, 1.82) is 0 Å². The monoisotopic (exact) mass is 354 g/mol. The smallest absolute Gasteiger partial charge is 0.464 e. The predicted molar refractivity (Wildman–Crippen MR) is 92.7 cm³/mol. The Morgan fingerprint density at radius 3 is 2.69 bits per heavy atom. The van der Waals surface area contributed by atoms with Crippen LogP contribution < -0.4 is 10.6 Å². The maximum absolute atomic E-state index is 12.0. The Balaban J connectivity index is 1.68. The topological polar surface area (TPSA) is 138 Å². The fourth-order valence-corrected chi connectivity index (χ4v) is 2.43. The van der Waals surface area contributed by atoms with Crippen molar-refractivity contribution in [3.8, 4) is 0 Å². The van der Waals surface area contributed by atoms with E-state index in [9.17, 15) is 19.6 Å². The van der Waals surface area contributed by atoms with Crippen molar-refractivity contribution in [2.75, 3.05) is 5.32 Å². The van der Waals surface area contributed by atoms with Gasteiger partial charge in [-0.3, -0.25) is 9.59 Å². The van der Waals surface area contributed by atoms with Crippen molar-refractivity contribution in [2.24, 2.45) is 0 Å². The van der Waals surface area contributed by atoms with Gasteiger partial charge >= 0.3 is 18.9 Å². The summed E-state index contributed by atoms with van der Waals surface area (Å²) < 4.78 is 5.39. The Morgan fingerprint density at radius 1 is 1.15 bits per heavy atom. The van der Waals surface area contributed by atoms with Crippen LogP contribution >= 0.6 is 0 Å². The van der Waals surface area contributed by atoms with Crippen molar-refractivity contribution in [3.63, 3.8) is 0 Å². The molecule has 1 unspecified atom stereocenters. The molecule has 2 amide bonds. The van der Waals surface area contributed by atoms with Gasteiger partial charge in [0, 0.05) is 11.6 Å². The highest BCUT2D eigenvalue weighted by atomic mass is 16.4. The minimum Gasteiger partial charge on any atom is -0.464 e. The number of benzene rings is 1. The molecule has 2 heterocycles. The van der Waals surface area contributed by atoms with E-state index < -0.39 is 24.9 Å². The highest BCUT2D eigenvalue weighted by Gasteiger charge is 2.29. The molecule has 0 aliphatic carbocycles. The van der Waals surface area contributed by atoms with E-state index in [4.69, 9.17) is 4.42 Å². The Morgan fingerprint density at radius 2 is 1.96 bits per heavy atom. The molecule has 0 saturated heterocycles. The van der Waals surface area contributed by atoms with Crippen molar-refractivity contribution >= 4 is 35.7 Å².